The molecule has 0 saturated carbocycles. The number of carbonyl (C=O) groups is 2. The Morgan fingerprint density at radius 1 is 1.30 bits per heavy atom. The van der Waals surface area contributed by atoms with Gasteiger partial charge < -0.3 is 10.1 Å². The molecule has 0 aliphatic heterocycles. The van der Waals surface area contributed by atoms with Crippen molar-refractivity contribution in [1.29, 1.82) is 0 Å². The first-order valence-electron chi connectivity index (χ1n) is 7.64. The molecule has 10 heteroatoms. The number of anilines is 1. The molecular weight excluding hydrogens is 405 g/mol. The summed E-state index contributed by atoms with van der Waals surface area (Å²) in [6, 6.07) is 5.74. The molecule has 1 heterocycles. The Morgan fingerprint density at radius 2 is 2.04 bits per heavy atom. The molecule has 0 saturated heterocycles. The Balaban J connectivity index is 2.03. The van der Waals surface area contributed by atoms with Crippen LogP contribution in [0.5, 0.6) is 0 Å². The molecule has 0 spiro atoms. The maximum absolute atomic E-state index is 12.6. The maximum Gasteiger partial charge on any atom is 0.416 e. The molecule has 0 fully saturated rings. The van der Waals surface area contributed by atoms with Crippen molar-refractivity contribution >= 4 is 40.9 Å². The Bertz CT molecular complexity index is 846. The summed E-state index contributed by atoms with van der Waals surface area (Å²) in [5, 5.41) is 2.51. The molecule has 27 heavy (non-hydrogen) atoms. The van der Waals surface area contributed by atoms with Crippen LogP contribution in [0.4, 0.5) is 18.9 Å². The first kappa shape index (κ1) is 21.0. The molecule has 1 amide bonds. The van der Waals surface area contributed by atoms with Crippen LogP contribution >= 0.6 is 23.4 Å². The van der Waals surface area contributed by atoms with Crippen molar-refractivity contribution in [2.45, 2.75) is 18.1 Å². The second-order valence-electron chi connectivity index (χ2n) is 5.11. The highest BCUT2D eigenvalue weighted by atomic mass is 35.5. The number of amides is 1. The number of nitrogens with zero attached hydrogens (tertiary/aromatic N) is 1. The van der Waals surface area contributed by atoms with Crippen molar-refractivity contribution in [1.82, 2.24) is 4.98 Å². The van der Waals surface area contributed by atoms with Gasteiger partial charge in [0.15, 0.2) is 0 Å². The first-order chi connectivity index (χ1) is 12.7. The Hall–Kier alpha value is -2.26. The fourth-order valence-corrected chi connectivity index (χ4v) is 2.99. The Morgan fingerprint density at radius 3 is 2.67 bits per heavy atom. The minimum atomic E-state index is -4.52. The van der Waals surface area contributed by atoms with E-state index in [1.54, 1.807) is 13.0 Å². The molecule has 0 aliphatic carbocycles. The second-order valence-corrected chi connectivity index (χ2v) is 6.48. The van der Waals surface area contributed by atoms with Crippen LogP contribution in [0.25, 0.3) is 0 Å². The zero-order valence-electron chi connectivity index (χ0n) is 14.0. The molecule has 0 atom stereocenters. The number of esters is 1. The predicted molar refractivity (Wildman–Crippen MR) is 96.0 cm³/mol. The van der Waals surface area contributed by atoms with E-state index >= 15 is 0 Å². The van der Waals surface area contributed by atoms with Gasteiger partial charge in [-0.15, -0.1) is 0 Å². The zero-order valence-corrected chi connectivity index (χ0v) is 15.5. The summed E-state index contributed by atoms with van der Waals surface area (Å²) in [7, 11) is 0. The first-order valence-corrected chi connectivity index (χ1v) is 9.00. The average Bonchev–Trinajstić information content (AvgIpc) is 2.61. The van der Waals surface area contributed by atoms with E-state index in [9.17, 15) is 22.8 Å². The summed E-state index contributed by atoms with van der Waals surface area (Å²) in [5.41, 5.74) is -0.626. The number of pyridine rings is 1. The van der Waals surface area contributed by atoms with Crippen LogP contribution in [0.1, 0.15) is 22.8 Å². The van der Waals surface area contributed by atoms with Crippen LogP contribution < -0.4 is 5.32 Å². The molecule has 2 aromatic rings. The average molecular weight is 419 g/mol. The topological polar surface area (TPSA) is 68.3 Å². The molecule has 5 nitrogen and oxygen atoms in total. The number of rotatable bonds is 6. The highest BCUT2D eigenvalue weighted by Gasteiger charge is 2.31. The van der Waals surface area contributed by atoms with Crippen molar-refractivity contribution in [2.24, 2.45) is 0 Å². The number of thioether (sulfide) groups is 1. The fraction of sp³-hybridized carbons (Fsp3) is 0.235. The third-order valence-corrected chi connectivity index (χ3v) is 4.49. The number of nitrogens with one attached hydrogen (secondary N) is 1. The van der Waals surface area contributed by atoms with Crippen LogP contribution in [0, 0.1) is 0 Å². The van der Waals surface area contributed by atoms with E-state index in [2.05, 4.69) is 10.3 Å². The van der Waals surface area contributed by atoms with Crippen molar-refractivity contribution in [3.05, 3.63) is 52.7 Å². The molecule has 0 unspecified atom stereocenters. The number of alkyl halides is 3. The summed E-state index contributed by atoms with van der Waals surface area (Å²) >= 11 is 6.80. The van der Waals surface area contributed by atoms with Gasteiger partial charge in [-0.25, -0.2) is 9.78 Å². The second kappa shape index (κ2) is 9.09. The molecule has 1 aromatic heterocycles. The molecule has 0 radical (unpaired) electrons. The van der Waals surface area contributed by atoms with Gasteiger partial charge in [0.05, 0.1) is 34.2 Å². The highest BCUT2D eigenvalue weighted by molar-refractivity contribution is 8.00. The molecule has 144 valence electrons. The van der Waals surface area contributed by atoms with Crippen molar-refractivity contribution in [3.8, 4) is 0 Å². The van der Waals surface area contributed by atoms with Crippen molar-refractivity contribution < 1.29 is 27.5 Å². The quantitative estimate of drug-likeness (QED) is 0.545. The minimum absolute atomic E-state index is 0.0573. The number of carbonyl (C=O) groups excluding carboxylic acids is 2. The maximum atomic E-state index is 12.6. The highest BCUT2D eigenvalue weighted by Crippen LogP contribution is 2.33. The number of hydrogen-bond donors (Lipinski definition) is 1. The largest absolute Gasteiger partial charge is 0.462 e. The lowest BCUT2D eigenvalue weighted by atomic mass is 10.2. The summed E-state index contributed by atoms with van der Waals surface area (Å²) in [5.74, 6) is -1.19. The Kier molecular flexibility index (Phi) is 7.09. The lowest BCUT2D eigenvalue weighted by Gasteiger charge is -2.11. The van der Waals surface area contributed by atoms with Gasteiger partial charge in [-0.3, -0.25) is 4.79 Å². The summed E-state index contributed by atoms with van der Waals surface area (Å²) in [4.78, 5) is 28.0. The SMILES string of the molecule is CCOC(=O)c1cccnc1SCC(=O)Nc1ccc(C(F)(F)F)cc1Cl. The van der Waals surface area contributed by atoms with Crippen molar-refractivity contribution in [3.63, 3.8) is 0 Å². The smallest absolute Gasteiger partial charge is 0.416 e. The van der Waals surface area contributed by atoms with Crippen LogP contribution in [-0.2, 0) is 15.7 Å². The Labute approximate surface area is 162 Å². The van der Waals surface area contributed by atoms with E-state index in [-0.39, 0.29) is 28.6 Å². The number of aromatic nitrogens is 1. The number of hydrogen-bond acceptors (Lipinski definition) is 5. The summed E-state index contributed by atoms with van der Waals surface area (Å²) < 4.78 is 42.8. The van der Waals surface area contributed by atoms with Crippen LogP contribution in [-0.4, -0.2) is 29.2 Å². The van der Waals surface area contributed by atoms with Gasteiger partial charge in [0, 0.05) is 6.20 Å². The molecule has 0 bridgehead atoms. The van der Waals surface area contributed by atoms with Crippen LogP contribution in [0.2, 0.25) is 5.02 Å². The van der Waals surface area contributed by atoms with E-state index in [1.807, 2.05) is 0 Å². The normalized spacial score (nSPS) is 11.1. The van der Waals surface area contributed by atoms with Crippen LogP contribution in [0.3, 0.4) is 0 Å². The molecular formula is C17H14ClF3N2O3S. The molecule has 1 N–H and O–H groups in total. The lowest BCUT2D eigenvalue weighted by molar-refractivity contribution is -0.137. The van der Waals surface area contributed by atoms with E-state index in [4.69, 9.17) is 16.3 Å². The zero-order chi connectivity index (χ0) is 20.0. The predicted octanol–water partition coefficient (Wildman–Crippen LogP) is 4.66. The standard InChI is InChI=1S/C17H14ClF3N2O3S/c1-2-26-16(25)11-4-3-7-22-15(11)27-9-14(24)23-13-6-5-10(8-12(13)18)17(19,20)21/h3-8H,2,9H2,1H3,(H,23,24). The van der Waals surface area contributed by atoms with Gasteiger partial charge in [-0.1, -0.05) is 23.4 Å². The van der Waals surface area contributed by atoms with Gasteiger partial charge in [0.1, 0.15) is 5.03 Å². The minimum Gasteiger partial charge on any atom is -0.462 e. The van der Waals surface area contributed by atoms with E-state index < -0.39 is 23.6 Å². The van der Waals surface area contributed by atoms with Gasteiger partial charge >= 0.3 is 12.1 Å². The summed E-state index contributed by atoms with van der Waals surface area (Å²) in [6.07, 6.45) is -3.06. The molecule has 1 aromatic carbocycles. The fourth-order valence-electron chi connectivity index (χ4n) is 1.98. The number of ether oxygens (including phenoxy) is 1. The molecule has 2 rings (SSSR count). The third kappa shape index (κ3) is 5.86. The number of halogens is 4. The van der Waals surface area contributed by atoms with E-state index in [1.165, 1.54) is 12.3 Å². The van der Waals surface area contributed by atoms with Gasteiger partial charge in [0.2, 0.25) is 5.91 Å². The van der Waals surface area contributed by atoms with Gasteiger partial charge in [0.25, 0.3) is 0 Å². The van der Waals surface area contributed by atoms with Gasteiger partial charge in [-0.05, 0) is 37.3 Å². The lowest BCUT2D eigenvalue weighted by Crippen LogP contribution is -2.15. The number of benzene rings is 1. The van der Waals surface area contributed by atoms with Gasteiger partial charge in [-0.2, -0.15) is 13.2 Å². The van der Waals surface area contributed by atoms with E-state index in [0.717, 1.165) is 30.0 Å². The van der Waals surface area contributed by atoms with Crippen LogP contribution in [0.15, 0.2) is 41.6 Å². The monoisotopic (exact) mass is 418 g/mol. The summed E-state index contributed by atoms with van der Waals surface area (Å²) in [6.45, 7) is 1.87. The third-order valence-electron chi connectivity index (χ3n) is 3.18. The molecule has 0 aliphatic rings. The van der Waals surface area contributed by atoms with E-state index in [0.29, 0.717) is 5.03 Å². The van der Waals surface area contributed by atoms with Crippen molar-refractivity contribution in [2.75, 3.05) is 17.7 Å².